The lowest BCUT2D eigenvalue weighted by Crippen LogP contribution is -2.45. The minimum absolute atomic E-state index is 0.295. The molecule has 1 aliphatic rings. The Morgan fingerprint density at radius 3 is 2.21 bits per heavy atom. The molecule has 0 radical (unpaired) electrons. The summed E-state index contributed by atoms with van der Waals surface area (Å²) < 4.78 is 1.24. The molecule has 0 aliphatic carbocycles. The van der Waals surface area contributed by atoms with Crippen LogP contribution in [0.3, 0.4) is 0 Å². The van der Waals surface area contributed by atoms with Crippen LogP contribution in [0.5, 0.6) is 0 Å². The SMILES string of the molecule is O=C(c1ccccc1)[C@H](C(=O)N1CCCCC1)n1ccccc1=O. The number of hydrogen-bond acceptors (Lipinski definition) is 3. The van der Waals surface area contributed by atoms with Crippen molar-refractivity contribution >= 4 is 11.7 Å². The van der Waals surface area contributed by atoms with E-state index in [4.69, 9.17) is 0 Å². The number of benzene rings is 1. The van der Waals surface area contributed by atoms with E-state index in [9.17, 15) is 14.4 Å². The first-order valence-electron chi connectivity index (χ1n) is 8.24. The molecular weight excluding hydrogens is 304 g/mol. The summed E-state index contributed by atoms with van der Waals surface area (Å²) in [4.78, 5) is 39.9. The second kappa shape index (κ2) is 7.25. The third-order valence-corrected chi connectivity index (χ3v) is 4.34. The number of carbonyl (C=O) groups is 2. The highest BCUT2D eigenvalue weighted by atomic mass is 16.2. The number of rotatable bonds is 4. The molecule has 5 heteroatoms. The van der Waals surface area contributed by atoms with Crippen LogP contribution < -0.4 is 5.56 Å². The van der Waals surface area contributed by atoms with Gasteiger partial charge in [0.05, 0.1) is 0 Å². The second-order valence-electron chi connectivity index (χ2n) is 5.96. The number of carbonyl (C=O) groups excluding carboxylic acids is 2. The van der Waals surface area contributed by atoms with Crippen molar-refractivity contribution in [2.75, 3.05) is 13.1 Å². The van der Waals surface area contributed by atoms with Gasteiger partial charge >= 0.3 is 0 Å². The molecule has 0 bridgehead atoms. The van der Waals surface area contributed by atoms with Crippen LogP contribution in [0, 0.1) is 0 Å². The van der Waals surface area contributed by atoms with E-state index < -0.39 is 6.04 Å². The number of nitrogens with zero attached hydrogens (tertiary/aromatic N) is 2. The van der Waals surface area contributed by atoms with Crippen molar-refractivity contribution in [3.05, 3.63) is 70.6 Å². The minimum atomic E-state index is -1.14. The summed E-state index contributed by atoms with van der Waals surface area (Å²) in [6.45, 7) is 1.28. The van der Waals surface area contributed by atoms with E-state index in [1.807, 2.05) is 6.07 Å². The molecule has 1 aromatic heterocycles. The molecule has 124 valence electrons. The van der Waals surface area contributed by atoms with Crippen LogP contribution in [0.4, 0.5) is 0 Å². The van der Waals surface area contributed by atoms with Gasteiger partial charge in [0.1, 0.15) is 0 Å². The van der Waals surface area contributed by atoms with E-state index in [-0.39, 0.29) is 17.2 Å². The number of ketones is 1. The lowest BCUT2D eigenvalue weighted by Gasteiger charge is -2.30. The Hall–Kier alpha value is -2.69. The minimum Gasteiger partial charge on any atom is -0.340 e. The molecule has 1 aliphatic heterocycles. The van der Waals surface area contributed by atoms with Crippen LogP contribution in [0.15, 0.2) is 59.5 Å². The zero-order chi connectivity index (χ0) is 16.9. The van der Waals surface area contributed by atoms with Gasteiger partial charge in [-0.2, -0.15) is 0 Å². The van der Waals surface area contributed by atoms with Gasteiger partial charge in [0.2, 0.25) is 0 Å². The van der Waals surface area contributed by atoms with Crippen LogP contribution in [0.25, 0.3) is 0 Å². The van der Waals surface area contributed by atoms with E-state index in [0.29, 0.717) is 18.7 Å². The van der Waals surface area contributed by atoms with Gasteiger partial charge in [0.25, 0.3) is 11.5 Å². The van der Waals surface area contributed by atoms with Crippen molar-refractivity contribution in [1.82, 2.24) is 9.47 Å². The molecule has 5 nitrogen and oxygen atoms in total. The fourth-order valence-electron chi connectivity index (χ4n) is 3.06. The predicted octanol–water partition coefficient (Wildman–Crippen LogP) is 2.28. The Morgan fingerprint density at radius 1 is 0.875 bits per heavy atom. The zero-order valence-electron chi connectivity index (χ0n) is 13.4. The van der Waals surface area contributed by atoms with E-state index in [2.05, 4.69) is 0 Å². The predicted molar refractivity (Wildman–Crippen MR) is 90.9 cm³/mol. The first kappa shape index (κ1) is 16.2. The summed E-state index contributed by atoms with van der Waals surface area (Å²) in [5.41, 5.74) is 0.0840. The summed E-state index contributed by atoms with van der Waals surface area (Å²) in [7, 11) is 0. The molecule has 1 fully saturated rings. The summed E-state index contributed by atoms with van der Waals surface area (Å²) >= 11 is 0. The van der Waals surface area contributed by atoms with Gasteiger partial charge in [-0.15, -0.1) is 0 Å². The first-order valence-corrected chi connectivity index (χ1v) is 8.24. The van der Waals surface area contributed by atoms with Crippen molar-refractivity contribution in [3.63, 3.8) is 0 Å². The number of hydrogen-bond donors (Lipinski definition) is 0. The standard InChI is InChI=1S/C19H20N2O3/c22-16-11-5-8-14-21(16)17(18(23)15-9-3-1-4-10-15)19(24)20-12-6-2-7-13-20/h1,3-5,8-11,14,17H,2,6-7,12-13H2/t17-/m1/s1. The van der Waals surface area contributed by atoms with Crippen LogP contribution in [-0.4, -0.2) is 34.2 Å². The van der Waals surface area contributed by atoms with Crippen molar-refractivity contribution < 1.29 is 9.59 Å². The number of amides is 1. The molecule has 1 saturated heterocycles. The Morgan fingerprint density at radius 2 is 1.54 bits per heavy atom. The van der Waals surface area contributed by atoms with E-state index in [1.165, 1.54) is 16.8 Å². The normalized spacial score (nSPS) is 15.8. The fourth-order valence-corrected chi connectivity index (χ4v) is 3.06. The average molecular weight is 324 g/mol. The number of likely N-dealkylation sites (tertiary alicyclic amines) is 1. The van der Waals surface area contributed by atoms with Gasteiger partial charge in [-0.05, 0) is 25.3 Å². The van der Waals surface area contributed by atoms with Crippen LogP contribution in [0.2, 0.25) is 0 Å². The monoisotopic (exact) mass is 324 g/mol. The molecule has 24 heavy (non-hydrogen) atoms. The first-order chi connectivity index (χ1) is 11.7. The third-order valence-electron chi connectivity index (χ3n) is 4.34. The molecular formula is C19H20N2O3. The smallest absolute Gasteiger partial charge is 0.253 e. The highest BCUT2D eigenvalue weighted by Crippen LogP contribution is 2.19. The maximum absolute atomic E-state index is 13.0. The summed E-state index contributed by atoms with van der Waals surface area (Å²) in [5, 5.41) is 0. The van der Waals surface area contributed by atoms with Gasteiger partial charge in [-0.3, -0.25) is 19.0 Å². The van der Waals surface area contributed by atoms with Gasteiger partial charge in [-0.25, -0.2) is 0 Å². The fraction of sp³-hybridized carbons (Fsp3) is 0.316. The molecule has 2 heterocycles. The quantitative estimate of drug-likeness (QED) is 0.640. The number of aromatic nitrogens is 1. The maximum Gasteiger partial charge on any atom is 0.253 e. The number of pyridine rings is 1. The topological polar surface area (TPSA) is 59.4 Å². The maximum atomic E-state index is 13.0. The molecule has 3 rings (SSSR count). The van der Waals surface area contributed by atoms with E-state index in [0.717, 1.165) is 19.3 Å². The van der Waals surface area contributed by atoms with Gasteiger partial charge in [0, 0.05) is 30.9 Å². The van der Waals surface area contributed by atoms with Crippen molar-refractivity contribution in [1.29, 1.82) is 0 Å². The molecule has 1 amide bonds. The second-order valence-corrected chi connectivity index (χ2v) is 5.96. The molecule has 1 atom stereocenters. The lowest BCUT2D eigenvalue weighted by molar-refractivity contribution is -0.134. The molecule has 0 saturated carbocycles. The lowest BCUT2D eigenvalue weighted by atomic mass is 10.0. The third kappa shape index (κ3) is 3.30. The van der Waals surface area contributed by atoms with Gasteiger partial charge in [-0.1, -0.05) is 36.4 Å². The van der Waals surface area contributed by atoms with E-state index in [1.54, 1.807) is 41.3 Å². The summed E-state index contributed by atoms with van der Waals surface area (Å²) in [6.07, 6.45) is 4.46. The largest absolute Gasteiger partial charge is 0.340 e. The number of Topliss-reactive ketones (excluding diaryl/α,β-unsaturated/α-hetero) is 1. The van der Waals surface area contributed by atoms with Crippen LogP contribution >= 0.6 is 0 Å². The van der Waals surface area contributed by atoms with Gasteiger partial charge < -0.3 is 4.90 Å². The molecule has 2 aromatic rings. The van der Waals surface area contributed by atoms with Gasteiger partial charge in [0.15, 0.2) is 11.8 Å². The van der Waals surface area contributed by atoms with Crippen molar-refractivity contribution in [2.24, 2.45) is 0 Å². The Labute approximate surface area is 140 Å². The summed E-state index contributed by atoms with van der Waals surface area (Å²) in [6, 6.07) is 12.2. The molecule has 0 N–H and O–H groups in total. The Bertz CT molecular complexity index is 776. The Balaban J connectivity index is 2.01. The van der Waals surface area contributed by atoms with Crippen molar-refractivity contribution in [2.45, 2.75) is 25.3 Å². The highest BCUT2D eigenvalue weighted by molar-refractivity contribution is 6.11. The molecule has 0 unspecified atom stereocenters. The molecule has 1 aromatic carbocycles. The van der Waals surface area contributed by atoms with Crippen LogP contribution in [0.1, 0.15) is 35.7 Å². The van der Waals surface area contributed by atoms with Crippen molar-refractivity contribution in [3.8, 4) is 0 Å². The molecule has 0 spiro atoms. The highest BCUT2D eigenvalue weighted by Gasteiger charge is 2.33. The summed E-state index contributed by atoms with van der Waals surface area (Å²) in [5.74, 6) is -0.642. The Kier molecular flexibility index (Phi) is 4.89. The number of piperidine rings is 1. The zero-order valence-corrected chi connectivity index (χ0v) is 13.4. The average Bonchev–Trinajstić information content (AvgIpc) is 2.64. The van der Waals surface area contributed by atoms with E-state index >= 15 is 0 Å². The van der Waals surface area contributed by atoms with Crippen LogP contribution in [-0.2, 0) is 4.79 Å².